The van der Waals surface area contributed by atoms with Crippen molar-refractivity contribution in [3.63, 3.8) is 0 Å². The maximum Gasteiger partial charge on any atom is 0.133 e. The largest absolute Gasteiger partial charge is 0.550 e. The molecule has 0 aromatic heterocycles. The number of hydrogen-bond donors (Lipinski definition) is 2. The lowest BCUT2D eigenvalue weighted by Gasteiger charge is -2.27. The molecule has 0 radical (unpaired) electrons. The zero-order valence-electron chi connectivity index (χ0n) is 15.1. The molecule has 0 fully saturated rings. The number of carboxylic acids is 1. The number of aliphatic carboxylic acids is 1. The summed E-state index contributed by atoms with van der Waals surface area (Å²) in [5, 5.41) is 27.1. The summed E-state index contributed by atoms with van der Waals surface area (Å²) in [5.41, 5.74) is 0. The molecular weight excluding hydrogens is 298 g/mol. The fourth-order valence-corrected chi connectivity index (χ4v) is 1.95. The minimum absolute atomic E-state index is 0.0469. The smallest absolute Gasteiger partial charge is 0.133 e. The van der Waals surface area contributed by atoms with E-state index in [0.717, 1.165) is 12.8 Å². The van der Waals surface area contributed by atoms with Crippen LogP contribution >= 0.6 is 0 Å². The topological polar surface area (TPSA) is 97.7 Å². The summed E-state index contributed by atoms with van der Waals surface area (Å²) in [6.07, 6.45) is 6.08. The van der Waals surface area contributed by atoms with Crippen LogP contribution in [0, 0.1) is 0 Å². The van der Waals surface area contributed by atoms with Crippen molar-refractivity contribution in [1.29, 1.82) is 0 Å². The lowest BCUT2D eigenvalue weighted by molar-refractivity contribution is -0.890. The number of ketones is 1. The molecule has 0 rings (SSSR count). The van der Waals surface area contributed by atoms with E-state index in [-0.39, 0.29) is 31.8 Å². The van der Waals surface area contributed by atoms with Gasteiger partial charge in [0.2, 0.25) is 0 Å². The summed E-state index contributed by atoms with van der Waals surface area (Å²) in [7, 11) is 3.96. The molecule has 0 atom stereocenters. The highest BCUT2D eigenvalue weighted by atomic mass is 16.4. The zero-order valence-corrected chi connectivity index (χ0v) is 15.1. The number of unbranched alkanes of at least 4 members (excludes halogenated alkanes) is 4. The number of hydrogen-bond acceptors (Lipinski definition) is 5. The minimum Gasteiger partial charge on any atom is -0.550 e. The van der Waals surface area contributed by atoms with Crippen LogP contribution in [0.5, 0.6) is 0 Å². The maximum absolute atomic E-state index is 11.1. The molecule has 0 amide bonds. The van der Waals surface area contributed by atoms with Gasteiger partial charge in [0.25, 0.3) is 0 Å². The van der Waals surface area contributed by atoms with E-state index in [4.69, 9.17) is 10.2 Å². The van der Waals surface area contributed by atoms with Crippen molar-refractivity contribution in [3.05, 3.63) is 0 Å². The predicted molar refractivity (Wildman–Crippen MR) is 88.6 cm³/mol. The van der Waals surface area contributed by atoms with E-state index in [9.17, 15) is 14.7 Å². The van der Waals surface area contributed by atoms with Gasteiger partial charge in [-0.1, -0.05) is 32.6 Å². The van der Waals surface area contributed by atoms with Crippen molar-refractivity contribution in [2.24, 2.45) is 0 Å². The molecule has 6 nitrogen and oxygen atoms in total. The number of quaternary nitrogens is 1. The van der Waals surface area contributed by atoms with Crippen LogP contribution < -0.4 is 5.11 Å². The zero-order chi connectivity index (χ0) is 18.1. The Morgan fingerprint density at radius 1 is 0.870 bits per heavy atom. The Bertz CT molecular complexity index is 297. The molecule has 0 unspecified atom stereocenters. The highest BCUT2D eigenvalue weighted by molar-refractivity contribution is 5.81. The van der Waals surface area contributed by atoms with Gasteiger partial charge in [-0.3, -0.25) is 4.79 Å². The number of Topliss-reactive ketones (excluding diaryl/α,β-unsaturated/α-hetero) is 1. The van der Waals surface area contributed by atoms with Crippen molar-refractivity contribution in [2.75, 3.05) is 40.4 Å². The van der Waals surface area contributed by atoms with Crippen LogP contribution in [0.2, 0.25) is 0 Å². The maximum atomic E-state index is 11.1. The first-order valence-corrected chi connectivity index (χ1v) is 8.54. The third kappa shape index (κ3) is 21.0. The molecule has 0 saturated heterocycles. The van der Waals surface area contributed by atoms with E-state index in [0.29, 0.717) is 24.0 Å². The van der Waals surface area contributed by atoms with Gasteiger partial charge in [-0.2, -0.15) is 0 Å². The SMILES string of the molecule is CCCCCCCC(=O)CCC(=O)[O-].C[N+](C)(CCO)CCO. The summed E-state index contributed by atoms with van der Waals surface area (Å²) in [6, 6.07) is 0. The van der Waals surface area contributed by atoms with Crippen LogP contribution in [0.15, 0.2) is 0 Å². The second-order valence-electron chi connectivity index (χ2n) is 6.41. The van der Waals surface area contributed by atoms with Gasteiger partial charge in [0.1, 0.15) is 18.9 Å². The van der Waals surface area contributed by atoms with Crippen molar-refractivity contribution in [2.45, 2.75) is 58.3 Å². The Morgan fingerprint density at radius 3 is 1.83 bits per heavy atom. The monoisotopic (exact) mass is 333 g/mol. The third-order valence-corrected chi connectivity index (χ3v) is 3.58. The third-order valence-electron chi connectivity index (χ3n) is 3.58. The van der Waals surface area contributed by atoms with Crippen molar-refractivity contribution in [3.8, 4) is 0 Å². The number of aliphatic hydroxyl groups excluding tert-OH is 2. The lowest BCUT2D eigenvalue weighted by Crippen LogP contribution is -2.43. The molecule has 0 aromatic carbocycles. The number of rotatable bonds is 13. The Hall–Kier alpha value is -0.980. The van der Waals surface area contributed by atoms with Gasteiger partial charge in [0, 0.05) is 18.8 Å². The average Bonchev–Trinajstić information content (AvgIpc) is 2.45. The predicted octanol–water partition coefficient (Wildman–Crippen LogP) is 0.494. The second kappa shape index (κ2) is 15.9. The molecule has 0 bridgehead atoms. The lowest BCUT2D eigenvalue weighted by atomic mass is 10.1. The fourth-order valence-electron chi connectivity index (χ4n) is 1.95. The van der Waals surface area contributed by atoms with Gasteiger partial charge < -0.3 is 24.6 Å². The van der Waals surface area contributed by atoms with E-state index in [2.05, 4.69) is 6.92 Å². The van der Waals surface area contributed by atoms with Gasteiger partial charge in [-0.05, 0) is 12.8 Å². The van der Waals surface area contributed by atoms with Gasteiger partial charge in [0.15, 0.2) is 0 Å². The molecule has 23 heavy (non-hydrogen) atoms. The Kier molecular flexibility index (Phi) is 16.8. The fraction of sp³-hybridized carbons (Fsp3) is 0.882. The number of carboxylic acid groups (broad SMARTS) is 1. The standard InChI is InChI=1S/C11H20O3.C6H16NO2/c1-2-3-4-5-6-7-10(12)8-9-11(13)14;1-7(2,3-5-8)4-6-9/h2-9H2,1H3,(H,13,14);8-9H,3-6H2,1-2H3/q;+1/p-1. The second-order valence-corrected chi connectivity index (χ2v) is 6.41. The summed E-state index contributed by atoms with van der Waals surface area (Å²) in [5.74, 6) is -1.09. The molecule has 138 valence electrons. The number of nitrogens with zero attached hydrogens (tertiary/aromatic N) is 1. The van der Waals surface area contributed by atoms with Gasteiger partial charge >= 0.3 is 0 Å². The Labute approximate surface area is 140 Å². The van der Waals surface area contributed by atoms with Crippen molar-refractivity contribution < 1.29 is 29.4 Å². The average molecular weight is 333 g/mol. The van der Waals surface area contributed by atoms with Crippen molar-refractivity contribution >= 4 is 11.8 Å². The molecule has 0 heterocycles. The van der Waals surface area contributed by atoms with Crippen LogP contribution in [0.4, 0.5) is 0 Å². The number of carbonyl (C=O) groups is 2. The summed E-state index contributed by atoms with van der Waals surface area (Å²) in [4.78, 5) is 21.1. The molecule has 6 heteroatoms. The van der Waals surface area contributed by atoms with Crippen molar-refractivity contribution in [1.82, 2.24) is 0 Å². The first kappa shape index (κ1) is 24.3. The van der Waals surface area contributed by atoms with Crippen LogP contribution in [0.25, 0.3) is 0 Å². The quantitative estimate of drug-likeness (QED) is 0.378. The van der Waals surface area contributed by atoms with E-state index in [1.165, 1.54) is 19.3 Å². The summed E-state index contributed by atoms with van der Waals surface area (Å²) < 4.78 is 0.688. The van der Waals surface area contributed by atoms with Gasteiger partial charge in [-0.25, -0.2) is 0 Å². The number of carbonyl (C=O) groups excluding carboxylic acids is 2. The van der Waals surface area contributed by atoms with Crippen LogP contribution in [-0.4, -0.2) is 66.8 Å². The molecule has 0 aliphatic rings. The number of likely N-dealkylation sites (N-methyl/N-ethyl adjacent to an activating group) is 1. The minimum atomic E-state index is -1.13. The van der Waals surface area contributed by atoms with Crippen LogP contribution in [0.1, 0.15) is 58.3 Å². The molecule has 0 saturated carbocycles. The van der Waals surface area contributed by atoms with E-state index >= 15 is 0 Å². The van der Waals surface area contributed by atoms with Crippen LogP contribution in [0.3, 0.4) is 0 Å². The summed E-state index contributed by atoms with van der Waals surface area (Å²) in [6.45, 7) is 3.94. The summed E-state index contributed by atoms with van der Waals surface area (Å²) >= 11 is 0. The molecule has 2 N–H and O–H groups in total. The normalized spacial score (nSPS) is 10.8. The molecular formula is C17H35NO5. The highest BCUT2D eigenvalue weighted by Gasteiger charge is 2.11. The van der Waals surface area contributed by atoms with E-state index in [1.54, 1.807) is 0 Å². The molecule has 0 aliphatic heterocycles. The van der Waals surface area contributed by atoms with Gasteiger partial charge in [-0.15, -0.1) is 0 Å². The molecule has 0 aromatic rings. The highest BCUT2D eigenvalue weighted by Crippen LogP contribution is 2.06. The van der Waals surface area contributed by atoms with E-state index in [1.807, 2.05) is 14.1 Å². The Balaban J connectivity index is 0. The molecule has 0 aliphatic carbocycles. The van der Waals surface area contributed by atoms with Crippen LogP contribution in [-0.2, 0) is 9.59 Å². The first-order chi connectivity index (χ1) is 10.8. The molecule has 0 spiro atoms. The van der Waals surface area contributed by atoms with Gasteiger partial charge in [0.05, 0.1) is 27.3 Å². The Morgan fingerprint density at radius 2 is 1.39 bits per heavy atom. The number of aliphatic hydroxyl groups is 2. The van der Waals surface area contributed by atoms with E-state index < -0.39 is 5.97 Å². The first-order valence-electron chi connectivity index (χ1n) is 8.54.